The first-order valence-electron chi connectivity index (χ1n) is 6.67. The van der Waals surface area contributed by atoms with Crippen LogP contribution >= 0.6 is 0 Å². The van der Waals surface area contributed by atoms with Crippen LogP contribution in [0.3, 0.4) is 0 Å². The molecule has 20 heavy (non-hydrogen) atoms. The Morgan fingerprint density at radius 1 is 1.40 bits per heavy atom. The van der Waals surface area contributed by atoms with Gasteiger partial charge in [0.15, 0.2) is 0 Å². The maximum atomic E-state index is 11.9. The van der Waals surface area contributed by atoms with E-state index in [1.807, 2.05) is 0 Å². The van der Waals surface area contributed by atoms with Crippen molar-refractivity contribution < 1.29 is 19.1 Å². The molecule has 1 aromatic rings. The zero-order valence-electron chi connectivity index (χ0n) is 12.2. The summed E-state index contributed by atoms with van der Waals surface area (Å²) in [6, 6.07) is 3.32. The van der Waals surface area contributed by atoms with Crippen molar-refractivity contribution >= 4 is 12.2 Å². The third kappa shape index (κ3) is 3.73. The second-order valence-electron chi connectivity index (χ2n) is 4.27. The molecule has 5 heteroatoms. The van der Waals surface area contributed by atoms with Crippen LogP contribution in [0, 0.1) is 0 Å². The number of rotatable bonds is 8. The lowest BCUT2D eigenvalue weighted by Crippen LogP contribution is -2.20. The van der Waals surface area contributed by atoms with E-state index in [4.69, 9.17) is 9.47 Å². The zero-order valence-corrected chi connectivity index (χ0v) is 12.2. The number of benzene rings is 1. The summed E-state index contributed by atoms with van der Waals surface area (Å²) >= 11 is 0. The Kier molecular flexibility index (Phi) is 6.56. The van der Waals surface area contributed by atoms with Crippen LogP contribution in [-0.4, -0.2) is 33.0 Å². The normalized spacial score (nSPS) is 9.95. The fourth-order valence-corrected chi connectivity index (χ4v) is 1.87. The lowest BCUT2D eigenvalue weighted by atomic mass is 10.0. The van der Waals surface area contributed by atoms with E-state index in [1.54, 1.807) is 19.2 Å². The zero-order chi connectivity index (χ0) is 15.0. The quantitative estimate of drug-likeness (QED) is 0.583. The van der Waals surface area contributed by atoms with Crippen molar-refractivity contribution in [2.24, 2.45) is 0 Å². The predicted octanol–water partition coefficient (Wildman–Crippen LogP) is 1.98. The number of methoxy groups -OCH3 is 1. The molecule has 0 radical (unpaired) electrons. The number of carbonyl (C=O) groups is 2. The summed E-state index contributed by atoms with van der Waals surface area (Å²) < 4.78 is 11.0. The van der Waals surface area contributed by atoms with Crippen LogP contribution < -0.4 is 14.8 Å². The molecule has 0 saturated carbocycles. The molecule has 0 unspecified atom stereocenters. The highest BCUT2D eigenvalue weighted by Crippen LogP contribution is 2.32. The third-order valence-corrected chi connectivity index (χ3v) is 2.94. The van der Waals surface area contributed by atoms with Crippen molar-refractivity contribution in [3.63, 3.8) is 0 Å². The molecule has 0 spiro atoms. The summed E-state index contributed by atoms with van der Waals surface area (Å²) in [6.45, 7) is 2.56. The lowest BCUT2D eigenvalue weighted by Gasteiger charge is -2.17. The summed E-state index contributed by atoms with van der Waals surface area (Å²) in [5, 5.41) is 2.57. The van der Waals surface area contributed by atoms with E-state index < -0.39 is 0 Å². The van der Waals surface area contributed by atoms with Gasteiger partial charge in [0.1, 0.15) is 17.8 Å². The fourth-order valence-electron chi connectivity index (χ4n) is 1.87. The second kappa shape index (κ2) is 8.19. The molecule has 0 saturated heterocycles. The molecule has 0 bridgehead atoms. The second-order valence-corrected chi connectivity index (χ2v) is 4.27. The van der Waals surface area contributed by atoms with E-state index in [0.29, 0.717) is 29.2 Å². The standard InChI is InChI=1S/C15H21NO4/c1-4-5-10-20-14-11(8-9-17)13(19-3)7-6-12(14)15(18)16-2/h6-7,9H,4-5,8,10H2,1-3H3,(H,16,18). The van der Waals surface area contributed by atoms with Crippen molar-refractivity contribution in [3.05, 3.63) is 23.3 Å². The van der Waals surface area contributed by atoms with E-state index in [2.05, 4.69) is 12.2 Å². The summed E-state index contributed by atoms with van der Waals surface area (Å²) in [5.74, 6) is 0.742. The Morgan fingerprint density at radius 2 is 2.15 bits per heavy atom. The Morgan fingerprint density at radius 3 is 2.70 bits per heavy atom. The molecule has 0 fully saturated rings. The van der Waals surface area contributed by atoms with E-state index in [9.17, 15) is 9.59 Å². The van der Waals surface area contributed by atoms with Gasteiger partial charge in [-0.25, -0.2) is 0 Å². The van der Waals surface area contributed by atoms with Crippen LogP contribution in [0.25, 0.3) is 0 Å². The molecule has 0 aliphatic heterocycles. The predicted molar refractivity (Wildman–Crippen MR) is 76.6 cm³/mol. The molecular formula is C15H21NO4. The summed E-state index contributed by atoms with van der Waals surface area (Å²) in [7, 11) is 3.08. The maximum Gasteiger partial charge on any atom is 0.254 e. The fraction of sp³-hybridized carbons (Fsp3) is 0.467. The average molecular weight is 279 g/mol. The van der Waals surface area contributed by atoms with Crippen molar-refractivity contribution in [2.45, 2.75) is 26.2 Å². The highest BCUT2D eigenvalue weighted by atomic mass is 16.5. The number of nitrogens with one attached hydrogen (secondary N) is 1. The van der Waals surface area contributed by atoms with E-state index >= 15 is 0 Å². The summed E-state index contributed by atoms with van der Waals surface area (Å²) in [6.07, 6.45) is 2.79. The van der Waals surface area contributed by atoms with Crippen LogP contribution in [0.1, 0.15) is 35.7 Å². The number of hydrogen-bond donors (Lipinski definition) is 1. The van der Waals surface area contributed by atoms with Crippen LogP contribution in [0.5, 0.6) is 11.5 Å². The van der Waals surface area contributed by atoms with E-state index in [0.717, 1.165) is 19.1 Å². The SMILES string of the molecule is CCCCOc1c(C(=O)NC)ccc(OC)c1CC=O. The number of amides is 1. The molecule has 110 valence electrons. The molecule has 0 heterocycles. The van der Waals surface area contributed by atoms with Crippen LogP contribution in [-0.2, 0) is 11.2 Å². The van der Waals surface area contributed by atoms with Gasteiger partial charge in [-0.1, -0.05) is 13.3 Å². The van der Waals surface area contributed by atoms with Crippen LogP contribution in [0.2, 0.25) is 0 Å². The smallest absolute Gasteiger partial charge is 0.254 e. The molecule has 1 N–H and O–H groups in total. The summed E-state index contributed by atoms with van der Waals surface area (Å²) in [4.78, 5) is 22.8. The van der Waals surface area contributed by atoms with Gasteiger partial charge in [0.05, 0.1) is 19.3 Å². The Hall–Kier alpha value is -2.04. The highest BCUT2D eigenvalue weighted by Gasteiger charge is 2.19. The van der Waals surface area contributed by atoms with Gasteiger partial charge in [0.2, 0.25) is 0 Å². The Bertz CT molecular complexity index is 471. The van der Waals surface area contributed by atoms with Crippen molar-refractivity contribution in [2.75, 3.05) is 20.8 Å². The maximum absolute atomic E-state index is 11.9. The van der Waals surface area contributed by atoms with E-state index in [-0.39, 0.29) is 12.3 Å². The van der Waals surface area contributed by atoms with Crippen LogP contribution in [0.15, 0.2) is 12.1 Å². The number of carbonyl (C=O) groups excluding carboxylic acids is 2. The average Bonchev–Trinajstić information content (AvgIpc) is 2.48. The first-order valence-corrected chi connectivity index (χ1v) is 6.67. The molecule has 5 nitrogen and oxygen atoms in total. The Balaban J connectivity index is 3.25. The number of ether oxygens (including phenoxy) is 2. The van der Waals surface area contributed by atoms with Gasteiger partial charge in [-0.2, -0.15) is 0 Å². The van der Waals surface area contributed by atoms with Gasteiger partial charge in [0, 0.05) is 19.0 Å². The molecule has 1 amide bonds. The first-order chi connectivity index (χ1) is 9.69. The number of unbranched alkanes of at least 4 members (excludes halogenated alkanes) is 1. The molecule has 0 aliphatic rings. The molecular weight excluding hydrogens is 258 g/mol. The van der Waals surface area contributed by atoms with Crippen molar-refractivity contribution in [3.8, 4) is 11.5 Å². The monoisotopic (exact) mass is 279 g/mol. The molecule has 1 rings (SSSR count). The number of aldehydes is 1. The third-order valence-electron chi connectivity index (χ3n) is 2.94. The van der Waals surface area contributed by atoms with Gasteiger partial charge in [-0.05, 0) is 18.6 Å². The van der Waals surface area contributed by atoms with Gasteiger partial charge in [0.25, 0.3) is 5.91 Å². The van der Waals surface area contributed by atoms with Crippen LogP contribution in [0.4, 0.5) is 0 Å². The molecule has 1 aromatic carbocycles. The van der Waals surface area contributed by atoms with Crippen molar-refractivity contribution in [1.29, 1.82) is 0 Å². The minimum Gasteiger partial charge on any atom is -0.496 e. The molecule has 0 atom stereocenters. The van der Waals surface area contributed by atoms with Gasteiger partial charge in [-0.15, -0.1) is 0 Å². The number of hydrogen-bond acceptors (Lipinski definition) is 4. The van der Waals surface area contributed by atoms with Gasteiger partial charge < -0.3 is 19.6 Å². The minimum atomic E-state index is -0.244. The van der Waals surface area contributed by atoms with Crippen molar-refractivity contribution in [1.82, 2.24) is 5.32 Å². The Labute approximate surface area is 119 Å². The summed E-state index contributed by atoms with van der Waals surface area (Å²) in [5.41, 5.74) is 1.03. The molecule has 0 aromatic heterocycles. The largest absolute Gasteiger partial charge is 0.496 e. The molecule has 0 aliphatic carbocycles. The van der Waals surface area contributed by atoms with Gasteiger partial charge >= 0.3 is 0 Å². The van der Waals surface area contributed by atoms with Gasteiger partial charge in [-0.3, -0.25) is 4.79 Å². The lowest BCUT2D eigenvalue weighted by molar-refractivity contribution is -0.107. The topological polar surface area (TPSA) is 64.6 Å². The first kappa shape index (κ1) is 16.0. The minimum absolute atomic E-state index is 0.148. The highest BCUT2D eigenvalue weighted by molar-refractivity contribution is 5.97. The van der Waals surface area contributed by atoms with E-state index in [1.165, 1.54) is 7.11 Å².